The van der Waals surface area contributed by atoms with Crippen LogP contribution in [0.15, 0.2) is 24.3 Å². The zero-order valence-electron chi connectivity index (χ0n) is 12.1. The van der Waals surface area contributed by atoms with E-state index in [9.17, 15) is 4.57 Å². The third-order valence-corrected chi connectivity index (χ3v) is 4.01. The van der Waals surface area contributed by atoms with Crippen LogP contribution in [0.5, 0.6) is 5.75 Å². The summed E-state index contributed by atoms with van der Waals surface area (Å²) in [6.45, 7) is 6.85. The van der Waals surface area contributed by atoms with E-state index < -0.39 is 8.25 Å². The standard InChI is InChI=1S/C15H25O3P/c1-4-6-7-14(5-2)12-17-19(16)18-15-10-8-13(3)9-11-15/h8-11,14,19H,4-7,12H2,1-3H3. The average Bonchev–Trinajstić information content (AvgIpc) is 2.42. The zero-order chi connectivity index (χ0) is 14.1. The lowest BCUT2D eigenvalue weighted by atomic mass is 10.0. The van der Waals surface area contributed by atoms with Gasteiger partial charge >= 0.3 is 8.25 Å². The molecular formula is C15H25O3P. The second kappa shape index (κ2) is 9.17. The smallest absolute Gasteiger partial charge is 0.367 e. The number of hydrogen-bond acceptors (Lipinski definition) is 3. The summed E-state index contributed by atoms with van der Waals surface area (Å²) in [4.78, 5) is 0. The quantitative estimate of drug-likeness (QED) is 0.599. The van der Waals surface area contributed by atoms with Gasteiger partial charge in [0.1, 0.15) is 5.75 Å². The molecule has 0 aliphatic rings. The lowest BCUT2D eigenvalue weighted by molar-refractivity contribution is 0.221. The van der Waals surface area contributed by atoms with Crippen molar-refractivity contribution in [2.45, 2.75) is 46.5 Å². The highest BCUT2D eigenvalue weighted by atomic mass is 31.1. The topological polar surface area (TPSA) is 35.5 Å². The fraction of sp³-hybridized carbons (Fsp3) is 0.600. The number of unbranched alkanes of at least 4 members (excludes halogenated alkanes) is 1. The molecule has 0 heterocycles. The van der Waals surface area contributed by atoms with E-state index in [4.69, 9.17) is 9.05 Å². The van der Waals surface area contributed by atoms with Gasteiger partial charge in [0.15, 0.2) is 0 Å². The minimum Gasteiger partial charge on any atom is -0.426 e. The van der Waals surface area contributed by atoms with Gasteiger partial charge in [-0.2, -0.15) is 0 Å². The maximum absolute atomic E-state index is 11.7. The summed E-state index contributed by atoms with van der Waals surface area (Å²) in [7, 11) is -2.43. The second-order valence-electron chi connectivity index (χ2n) is 4.89. The molecule has 0 spiro atoms. The van der Waals surface area contributed by atoms with Crippen molar-refractivity contribution in [3.63, 3.8) is 0 Å². The van der Waals surface area contributed by atoms with Crippen LogP contribution < -0.4 is 4.52 Å². The van der Waals surface area contributed by atoms with E-state index in [1.807, 2.05) is 31.2 Å². The fourth-order valence-electron chi connectivity index (χ4n) is 1.82. The van der Waals surface area contributed by atoms with Gasteiger partial charge in [-0.1, -0.05) is 50.8 Å². The van der Waals surface area contributed by atoms with Gasteiger partial charge in [-0.3, -0.25) is 0 Å². The minimum atomic E-state index is -2.43. The minimum absolute atomic E-state index is 0.482. The van der Waals surface area contributed by atoms with E-state index in [2.05, 4.69) is 13.8 Å². The Bertz CT molecular complexity index is 375. The van der Waals surface area contributed by atoms with Gasteiger partial charge < -0.3 is 9.05 Å². The van der Waals surface area contributed by atoms with Gasteiger partial charge in [-0.05, 0) is 31.4 Å². The predicted molar refractivity (Wildman–Crippen MR) is 80.1 cm³/mol. The van der Waals surface area contributed by atoms with Crippen molar-refractivity contribution in [3.05, 3.63) is 29.8 Å². The van der Waals surface area contributed by atoms with Crippen molar-refractivity contribution < 1.29 is 13.6 Å². The molecule has 1 aromatic carbocycles. The molecule has 19 heavy (non-hydrogen) atoms. The first-order chi connectivity index (χ1) is 9.15. The molecule has 0 bridgehead atoms. The van der Waals surface area contributed by atoms with E-state index >= 15 is 0 Å². The Morgan fingerprint density at radius 1 is 1.21 bits per heavy atom. The van der Waals surface area contributed by atoms with Crippen LogP contribution in [0.1, 0.15) is 45.1 Å². The molecule has 2 unspecified atom stereocenters. The monoisotopic (exact) mass is 284 g/mol. The number of benzene rings is 1. The summed E-state index contributed by atoms with van der Waals surface area (Å²) in [5.74, 6) is 1.09. The molecule has 0 aliphatic heterocycles. The maximum atomic E-state index is 11.7. The highest BCUT2D eigenvalue weighted by Gasteiger charge is 2.09. The van der Waals surface area contributed by atoms with Gasteiger partial charge in [0.2, 0.25) is 0 Å². The molecule has 108 valence electrons. The summed E-state index contributed by atoms with van der Waals surface area (Å²) in [6.07, 6.45) is 4.57. The van der Waals surface area contributed by atoms with Crippen LogP contribution in [0.2, 0.25) is 0 Å². The summed E-state index contributed by atoms with van der Waals surface area (Å²) in [5, 5.41) is 0. The molecule has 0 saturated carbocycles. The van der Waals surface area contributed by atoms with Crippen LogP contribution in [0.25, 0.3) is 0 Å². The first kappa shape index (κ1) is 16.3. The molecule has 0 aromatic heterocycles. The number of aryl methyl sites for hydroxylation is 1. The highest BCUT2D eigenvalue weighted by Crippen LogP contribution is 2.29. The van der Waals surface area contributed by atoms with Gasteiger partial charge in [0.25, 0.3) is 0 Å². The van der Waals surface area contributed by atoms with E-state index in [-0.39, 0.29) is 0 Å². The Morgan fingerprint density at radius 3 is 2.47 bits per heavy atom. The molecule has 0 amide bonds. The third kappa shape index (κ3) is 6.79. The number of rotatable bonds is 9. The molecule has 0 N–H and O–H groups in total. The number of hydrogen-bond donors (Lipinski definition) is 0. The van der Waals surface area contributed by atoms with Crippen LogP contribution >= 0.6 is 8.25 Å². The van der Waals surface area contributed by atoms with Crippen LogP contribution in [0.3, 0.4) is 0 Å². The third-order valence-electron chi connectivity index (χ3n) is 3.20. The Balaban J connectivity index is 2.32. The summed E-state index contributed by atoms with van der Waals surface area (Å²) >= 11 is 0. The molecular weight excluding hydrogens is 259 g/mol. The first-order valence-corrected chi connectivity index (χ1v) is 8.29. The molecule has 1 rings (SSSR count). The van der Waals surface area contributed by atoms with Crippen LogP contribution in [-0.2, 0) is 9.09 Å². The molecule has 0 fully saturated rings. The molecule has 4 heteroatoms. The van der Waals surface area contributed by atoms with Crippen molar-refractivity contribution >= 4 is 8.25 Å². The van der Waals surface area contributed by atoms with E-state index in [0.717, 1.165) is 18.4 Å². The largest absolute Gasteiger partial charge is 0.426 e. The molecule has 0 radical (unpaired) electrons. The summed E-state index contributed by atoms with van der Waals surface area (Å²) < 4.78 is 22.4. The zero-order valence-corrected chi connectivity index (χ0v) is 13.1. The van der Waals surface area contributed by atoms with Gasteiger partial charge in [-0.15, -0.1) is 0 Å². The second-order valence-corrected chi connectivity index (χ2v) is 5.89. The molecule has 2 atom stereocenters. The van der Waals surface area contributed by atoms with Crippen LogP contribution in [0, 0.1) is 12.8 Å². The van der Waals surface area contributed by atoms with Crippen molar-refractivity contribution in [3.8, 4) is 5.75 Å². The van der Waals surface area contributed by atoms with Gasteiger partial charge in [0, 0.05) is 0 Å². The Kier molecular flexibility index (Phi) is 7.85. The predicted octanol–water partition coefficient (Wildman–Crippen LogP) is 5.00. The Morgan fingerprint density at radius 2 is 1.89 bits per heavy atom. The van der Waals surface area contributed by atoms with Crippen molar-refractivity contribution in [2.75, 3.05) is 6.61 Å². The van der Waals surface area contributed by atoms with Crippen LogP contribution in [0.4, 0.5) is 0 Å². The molecule has 0 aliphatic carbocycles. The van der Waals surface area contributed by atoms with Gasteiger partial charge in [0.05, 0.1) is 6.61 Å². The van der Waals surface area contributed by atoms with Gasteiger partial charge in [-0.25, -0.2) is 4.57 Å². The Labute approximate surface area is 117 Å². The normalized spacial score (nSPS) is 14.1. The van der Waals surface area contributed by atoms with Crippen molar-refractivity contribution in [1.29, 1.82) is 0 Å². The van der Waals surface area contributed by atoms with Crippen molar-refractivity contribution in [2.24, 2.45) is 5.92 Å². The average molecular weight is 284 g/mol. The molecule has 0 saturated heterocycles. The SMILES string of the molecule is CCCCC(CC)CO[PH](=O)Oc1ccc(C)cc1. The van der Waals surface area contributed by atoms with E-state index in [0.29, 0.717) is 18.3 Å². The lowest BCUT2D eigenvalue weighted by Gasteiger charge is -2.14. The lowest BCUT2D eigenvalue weighted by Crippen LogP contribution is -2.06. The van der Waals surface area contributed by atoms with Crippen LogP contribution in [-0.4, -0.2) is 6.61 Å². The van der Waals surface area contributed by atoms with E-state index in [1.165, 1.54) is 12.8 Å². The highest BCUT2D eigenvalue weighted by molar-refractivity contribution is 7.33. The first-order valence-electron chi connectivity index (χ1n) is 7.07. The Hall–Kier alpha value is -0.790. The summed E-state index contributed by atoms with van der Waals surface area (Å²) in [5.41, 5.74) is 1.15. The molecule has 1 aromatic rings. The van der Waals surface area contributed by atoms with Crippen molar-refractivity contribution in [1.82, 2.24) is 0 Å². The molecule has 3 nitrogen and oxygen atoms in total. The fourth-order valence-corrected chi connectivity index (χ4v) is 2.58. The maximum Gasteiger partial charge on any atom is 0.367 e. The van der Waals surface area contributed by atoms with E-state index in [1.54, 1.807) is 0 Å². The summed E-state index contributed by atoms with van der Waals surface area (Å²) in [6, 6.07) is 7.49.